The Balaban J connectivity index is 1.83. The van der Waals surface area contributed by atoms with Gasteiger partial charge in [0.25, 0.3) is 0 Å². The number of nitrogens with zero attached hydrogens (tertiary/aromatic N) is 1. The highest BCUT2D eigenvalue weighted by Crippen LogP contribution is 2.28. The molecule has 20 heavy (non-hydrogen) atoms. The Morgan fingerprint density at radius 3 is 2.90 bits per heavy atom. The fourth-order valence-electron chi connectivity index (χ4n) is 2.02. The van der Waals surface area contributed by atoms with Crippen LogP contribution in [-0.2, 0) is 4.79 Å². The van der Waals surface area contributed by atoms with Gasteiger partial charge in [0.1, 0.15) is 0 Å². The first-order chi connectivity index (χ1) is 9.69. The highest BCUT2D eigenvalue weighted by Gasteiger charge is 2.07. The maximum Gasteiger partial charge on any atom is 0.226 e. The van der Waals surface area contributed by atoms with Crippen LogP contribution in [-0.4, -0.2) is 10.9 Å². The standard InChI is InChI=1S/C15H19BrN2OS/c1-2-3-4-5-6-7-14(19)18-15-17-12-9-8-11(16)10-13(12)20-15/h8-10H,2-7H2,1H3,(H,17,18,19). The largest absolute Gasteiger partial charge is 0.302 e. The van der Waals surface area contributed by atoms with Gasteiger partial charge in [0.2, 0.25) is 5.91 Å². The maximum atomic E-state index is 11.8. The fraction of sp³-hybridized carbons (Fsp3) is 0.467. The number of hydrogen-bond acceptors (Lipinski definition) is 3. The number of unbranched alkanes of at least 4 members (excludes halogenated alkanes) is 4. The Labute approximate surface area is 131 Å². The number of carbonyl (C=O) groups excluding carboxylic acids is 1. The predicted molar refractivity (Wildman–Crippen MR) is 89.3 cm³/mol. The summed E-state index contributed by atoms with van der Waals surface area (Å²) in [7, 11) is 0. The van der Waals surface area contributed by atoms with E-state index in [1.165, 1.54) is 30.6 Å². The van der Waals surface area contributed by atoms with Crippen LogP contribution in [0.4, 0.5) is 5.13 Å². The van der Waals surface area contributed by atoms with Crippen LogP contribution in [0.5, 0.6) is 0 Å². The fourth-order valence-corrected chi connectivity index (χ4v) is 3.46. The van der Waals surface area contributed by atoms with Gasteiger partial charge in [-0.3, -0.25) is 4.79 Å². The van der Waals surface area contributed by atoms with E-state index >= 15 is 0 Å². The first-order valence-corrected chi connectivity index (χ1v) is 8.66. The Hall–Kier alpha value is -0.940. The van der Waals surface area contributed by atoms with Crippen LogP contribution in [0.2, 0.25) is 0 Å². The Kier molecular flexibility index (Phi) is 5.98. The number of rotatable bonds is 7. The van der Waals surface area contributed by atoms with E-state index < -0.39 is 0 Å². The van der Waals surface area contributed by atoms with Crippen molar-refractivity contribution >= 4 is 48.5 Å². The van der Waals surface area contributed by atoms with Crippen LogP contribution in [0.1, 0.15) is 45.4 Å². The first-order valence-electron chi connectivity index (χ1n) is 7.05. The summed E-state index contributed by atoms with van der Waals surface area (Å²) in [5.74, 6) is 0.0691. The monoisotopic (exact) mass is 354 g/mol. The molecule has 0 saturated carbocycles. The van der Waals surface area contributed by atoms with Crippen LogP contribution in [0, 0.1) is 0 Å². The quantitative estimate of drug-likeness (QED) is 0.680. The van der Waals surface area contributed by atoms with Crippen molar-refractivity contribution in [3.8, 4) is 0 Å². The van der Waals surface area contributed by atoms with Gasteiger partial charge in [0.15, 0.2) is 5.13 Å². The second kappa shape index (κ2) is 7.74. The van der Waals surface area contributed by atoms with Crippen molar-refractivity contribution in [2.75, 3.05) is 5.32 Å². The minimum Gasteiger partial charge on any atom is -0.302 e. The molecule has 0 radical (unpaired) electrons. The van der Waals surface area contributed by atoms with E-state index in [0.717, 1.165) is 27.5 Å². The number of thiazole rings is 1. The number of fused-ring (bicyclic) bond motifs is 1. The summed E-state index contributed by atoms with van der Waals surface area (Å²) in [5, 5.41) is 3.59. The van der Waals surface area contributed by atoms with Gasteiger partial charge in [-0.2, -0.15) is 0 Å². The highest BCUT2D eigenvalue weighted by molar-refractivity contribution is 9.10. The number of benzene rings is 1. The molecule has 2 rings (SSSR count). The molecule has 0 bridgehead atoms. The first kappa shape index (κ1) is 15.4. The molecule has 1 amide bonds. The average Bonchev–Trinajstić information content (AvgIpc) is 2.79. The van der Waals surface area contributed by atoms with Crippen molar-refractivity contribution in [2.24, 2.45) is 0 Å². The second-order valence-electron chi connectivity index (χ2n) is 4.84. The van der Waals surface area contributed by atoms with E-state index in [0.29, 0.717) is 11.6 Å². The number of aromatic nitrogens is 1. The molecule has 0 fully saturated rings. The lowest BCUT2D eigenvalue weighted by Crippen LogP contribution is -2.10. The van der Waals surface area contributed by atoms with Crippen molar-refractivity contribution in [2.45, 2.75) is 45.4 Å². The highest BCUT2D eigenvalue weighted by atomic mass is 79.9. The molecule has 0 unspecified atom stereocenters. The lowest BCUT2D eigenvalue weighted by Gasteiger charge is -2.01. The van der Waals surface area contributed by atoms with Gasteiger partial charge in [-0.25, -0.2) is 4.98 Å². The summed E-state index contributed by atoms with van der Waals surface area (Å²) in [5.41, 5.74) is 0.927. The van der Waals surface area contributed by atoms with E-state index in [4.69, 9.17) is 0 Å². The maximum absolute atomic E-state index is 11.8. The molecule has 0 atom stereocenters. The molecule has 1 aromatic heterocycles. The van der Waals surface area contributed by atoms with Gasteiger partial charge < -0.3 is 5.32 Å². The summed E-state index contributed by atoms with van der Waals surface area (Å²) in [6, 6.07) is 5.94. The van der Waals surface area contributed by atoms with E-state index in [-0.39, 0.29) is 5.91 Å². The normalized spacial score (nSPS) is 10.9. The van der Waals surface area contributed by atoms with Gasteiger partial charge in [-0.05, 0) is 24.6 Å². The van der Waals surface area contributed by atoms with E-state index in [1.54, 1.807) is 0 Å². The number of nitrogens with one attached hydrogen (secondary N) is 1. The molecule has 0 spiro atoms. The van der Waals surface area contributed by atoms with Crippen molar-refractivity contribution < 1.29 is 4.79 Å². The van der Waals surface area contributed by atoms with Crippen molar-refractivity contribution in [3.05, 3.63) is 22.7 Å². The Bertz CT molecular complexity index is 582. The molecule has 108 valence electrons. The zero-order valence-corrected chi connectivity index (χ0v) is 14.0. The van der Waals surface area contributed by atoms with Gasteiger partial charge in [-0.15, -0.1) is 0 Å². The molecule has 5 heteroatoms. The minimum absolute atomic E-state index is 0.0691. The third-order valence-corrected chi connectivity index (χ3v) is 4.53. The summed E-state index contributed by atoms with van der Waals surface area (Å²) in [6.45, 7) is 2.19. The molecule has 2 aromatic rings. The molecule has 1 heterocycles. The van der Waals surface area contributed by atoms with E-state index in [2.05, 4.69) is 33.2 Å². The van der Waals surface area contributed by atoms with Crippen molar-refractivity contribution in [3.63, 3.8) is 0 Å². The molecular weight excluding hydrogens is 336 g/mol. The van der Waals surface area contributed by atoms with Gasteiger partial charge >= 0.3 is 0 Å². The number of anilines is 1. The predicted octanol–water partition coefficient (Wildman–Crippen LogP) is 5.36. The smallest absolute Gasteiger partial charge is 0.226 e. The number of halogens is 1. The number of amides is 1. The van der Waals surface area contributed by atoms with Crippen LogP contribution >= 0.6 is 27.3 Å². The minimum atomic E-state index is 0.0691. The summed E-state index contributed by atoms with van der Waals surface area (Å²) < 4.78 is 2.11. The van der Waals surface area contributed by atoms with Crippen molar-refractivity contribution in [1.29, 1.82) is 0 Å². The molecule has 0 aliphatic carbocycles. The zero-order valence-electron chi connectivity index (χ0n) is 11.6. The van der Waals surface area contributed by atoms with Crippen LogP contribution in [0.15, 0.2) is 22.7 Å². The SMILES string of the molecule is CCCCCCCC(=O)Nc1nc2ccc(Br)cc2s1. The Morgan fingerprint density at radius 1 is 1.30 bits per heavy atom. The van der Waals surface area contributed by atoms with E-state index in [1.807, 2.05) is 18.2 Å². The topological polar surface area (TPSA) is 42.0 Å². The third kappa shape index (κ3) is 4.56. The molecule has 1 N–H and O–H groups in total. The third-order valence-electron chi connectivity index (χ3n) is 3.10. The van der Waals surface area contributed by atoms with E-state index in [9.17, 15) is 4.79 Å². The molecule has 0 aliphatic heterocycles. The molecule has 0 saturated heterocycles. The molecular formula is C15H19BrN2OS. The number of hydrogen-bond donors (Lipinski definition) is 1. The van der Waals surface area contributed by atoms with Gasteiger partial charge in [0.05, 0.1) is 10.2 Å². The second-order valence-corrected chi connectivity index (χ2v) is 6.79. The van der Waals surface area contributed by atoms with Crippen LogP contribution in [0.25, 0.3) is 10.2 Å². The lowest BCUT2D eigenvalue weighted by molar-refractivity contribution is -0.116. The molecule has 3 nitrogen and oxygen atoms in total. The summed E-state index contributed by atoms with van der Waals surface area (Å²) in [4.78, 5) is 16.3. The average molecular weight is 355 g/mol. The van der Waals surface area contributed by atoms with Crippen molar-refractivity contribution in [1.82, 2.24) is 4.98 Å². The summed E-state index contributed by atoms with van der Waals surface area (Å²) in [6.07, 6.45) is 6.39. The van der Waals surface area contributed by atoms with Crippen LogP contribution in [0.3, 0.4) is 0 Å². The Morgan fingerprint density at radius 2 is 2.10 bits per heavy atom. The summed E-state index contributed by atoms with van der Waals surface area (Å²) >= 11 is 4.95. The van der Waals surface area contributed by atoms with Crippen LogP contribution < -0.4 is 5.32 Å². The molecule has 1 aromatic carbocycles. The number of carbonyl (C=O) groups is 1. The zero-order chi connectivity index (χ0) is 14.4. The van der Waals surface area contributed by atoms with Gasteiger partial charge in [0, 0.05) is 10.9 Å². The van der Waals surface area contributed by atoms with Gasteiger partial charge in [-0.1, -0.05) is 59.9 Å². The molecule has 0 aliphatic rings. The lowest BCUT2D eigenvalue weighted by atomic mass is 10.1.